The number of rotatable bonds is 2. The van der Waals surface area contributed by atoms with Gasteiger partial charge in [0.1, 0.15) is 0 Å². The fourth-order valence-corrected chi connectivity index (χ4v) is 1.55. The quantitative estimate of drug-likeness (QED) is 0.638. The molecule has 74 valence electrons. The number of carbonyl (C=O) groups is 1. The largest absolute Gasteiger partial charge is 0.374 e. The maximum Gasteiger partial charge on any atom is 0.222 e. The van der Waals surface area contributed by atoms with Gasteiger partial charge < -0.3 is 9.80 Å². The Kier molecular flexibility index (Phi) is 3.80. The van der Waals surface area contributed by atoms with Crippen molar-refractivity contribution in [2.24, 2.45) is 0 Å². The van der Waals surface area contributed by atoms with Gasteiger partial charge in [0, 0.05) is 32.6 Å². The van der Waals surface area contributed by atoms with Gasteiger partial charge in [0.15, 0.2) is 0 Å². The lowest BCUT2D eigenvalue weighted by molar-refractivity contribution is -0.132. The molecule has 0 aromatic rings. The number of hydrogen-bond donors (Lipinski definition) is 0. The van der Waals surface area contributed by atoms with Gasteiger partial charge in [-0.2, -0.15) is 0 Å². The van der Waals surface area contributed by atoms with E-state index in [-0.39, 0.29) is 5.91 Å². The van der Waals surface area contributed by atoms with Crippen LogP contribution in [0.2, 0.25) is 0 Å². The summed E-state index contributed by atoms with van der Waals surface area (Å²) >= 11 is 0. The first-order valence-electron chi connectivity index (χ1n) is 4.92. The van der Waals surface area contributed by atoms with Crippen LogP contribution in [0.1, 0.15) is 20.3 Å². The summed E-state index contributed by atoms with van der Waals surface area (Å²) in [6.45, 7) is 7.62. The summed E-state index contributed by atoms with van der Waals surface area (Å²) in [4.78, 5) is 15.5. The summed E-state index contributed by atoms with van der Waals surface area (Å²) in [7, 11) is 0. The van der Waals surface area contributed by atoms with Crippen molar-refractivity contribution in [3.63, 3.8) is 0 Å². The van der Waals surface area contributed by atoms with Crippen LogP contribution in [-0.4, -0.2) is 41.9 Å². The van der Waals surface area contributed by atoms with Crippen LogP contribution in [0.4, 0.5) is 0 Å². The fourth-order valence-electron chi connectivity index (χ4n) is 1.55. The Bertz CT molecular complexity index is 193. The zero-order valence-corrected chi connectivity index (χ0v) is 8.49. The Balaban J connectivity index is 2.34. The molecule has 13 heavy (non-hydrogen) atoms. The third kappa shape index (κ3) is 2.76. The first-order chi connectivity index (χ1) is 6.27. The zero-order chi connectivity index (χ0) is 9.68. The van der Waals surface area contributed by atoms with Crippen LogP contribution in [0, 0.1) is 0 Å². The molecule has 0 N–H and O–H groups in total. The maximum atomic E-state index is 11.3. The molecule has 0 atom stereocenters. The molecule has 1 aliphatic rings. The molecular formula is C10H18N2O. The van der Waals surface area contributed by atoms with E-state index in [1.807, 2.05) is 24.8 Å². The van der Waals surface area contributed by atoms with E-state index >= 15 is 0 Å². The molecule has 1 heterocycles. The summed E-state index contributed by atoms with van der Waals surface area (Å²) in [6.07, 6.45) is 4.76. The molecule has 1 aliphatic heterocycles. The number of amides is 1. The van der Waals surface area contributed by atoms with Crippen LogP contribution in [0.5, 0.6) is 0 Å². The van der Waals surface area contributed by atoms with Gasteiger partial charge in [0.05, 0.1) is 0 Å². The molecule has 0 bridgehead atoms. The maximum absolute atomic E-state index is 11.3. The van der Waals surface area contributed by atoms with Gasteiger partial charge in [-0.1, -0.05) is 13.0 Å². The predicted molar refractivity (Wildman–Crippen MR) is 53.3 cm³/mol. The topological polar surface area (TPSA) is 23.6 Å². The third-order valence-electron chi connectivity index (χ3n) is 2.33. The first-order valence-corrected chi connectivity index (χ1v) is 4.92. The summed E-state index contributed by atoms with van der Waals surface area (Å²) in [6, 6.07) is 0. The molecule has 0 radical (unpaired) electrons. The number of allylic oxidation sites excluding steroid dienone is 1. The van der Waals surface area contributed by atoms with Crippen molar-refractivity contribution in [3.05, 3.63) is 12.3 Å². The summed E-state index contributed by atoms with van der Waals surface area (Å²) in [5.74, 6) is 0.278. The smallest absolute Gasteiger partial charge is 0.222 e. The molecular weight excluding hydrogens is 164 g/mol. The fraction of sp³-hybridized carbons (Fsp3) is 0.700. The molecule has 1 fully saturated rings. The van der Waals surface area contributed by atoms with E-state index in [4.69, 9.17) is 0 Å². The second-order valence-electron chi connectivity index (χ2n) is 3.25. The number of piperazine rings is 1. The van der Waals surface area contributed by atoms with Crippen molar-refractivity contribution in [2.75, 3.05) is 26.2 Å². The molecule has 0 saturated carbocycles. The normalized spacial score (nSPS) is 18.3. The van der Waals surface area contributed by atoms with E-state index in [0.29, 0.717) is 6.42 Å². The number of nitrogens with zero attached hydrogens (tertiary/aromatic N) is 2. The van der Waals surface area contributed by atoms with E-state index in [9.17, 15) is 4.79 Å². The Labute approximate surface area is 80.0 Å². The molecule has 1 rings (SSSR count). The van der Waals surface area contributed by atoms with Crippen LogP contribution in [0.15, 0.2) is 12.3 Å². The van der Waals surface area contributed by atoms with Crippen molar-refractivity contribution in [2.45, 2.75) is 20.3 Å². The van der Waals surface area contributed by atoms with Gasteiger partial charge in [-0.15, -0.1) is 0 Å². The van der Waals surface area contributed by atoms with Gasteiger partial charge in [-0.3, -0.25) is 4.79 Å². The first kappa shape index (κ1) is 10.1. The molecule has 0 aromatic carbocycles. The van der Waals surface area contributed by atoms with E-state index in [0.717, 1.165) is 26.2 Å². The highest BCUT2D eigenvalue weighted by molar-refractivity contribution is 5.75. The van der Waals surface area contributed by atoms with Crippen LogP contribution in [0.3, 0.4) is 0 Å². The molecule has 0 aromatic heterocycles. The van der Waals surface area contributed by atoms with Crippen LogP contribution < -0.4 is 0 Å². The molecule has 0 spiro atoms. The average molecular weight is 182 g/mol. The molecule has 3 heteroatoms. The highest BCUT2D eigenvalue weighted by atomic mass is 16.2. The average Bonchev–Trinajstić information content (AvgIpc) is 2.18. The van der Waals surface area contributed by atoms with Crippen molar-refractivity contribution >= 4 is 5.91 Å². The van der Waals surface area contributed by atoms with Crippen LogP contribution in [0.25, 0.3) is 0 Å². The molecule has 0 unspecified atom stereocenters. The Morgan fingerprint density at radius 2 is 1.92 bits per heavy atom. The molecule has 3 nitrogen and oxygen atoms in total. The minimum Gasteiger partial charge on any atom is -0.374 e. The number of hydrogen-bond acceptors (Lipinski definition) is 2. The van der Waals surface area contributed by atoms with E-state index in [1.165, 1.54) is 0 Å². The summed E-state index contributed by atoms with van der Waals surface area (Å²) < 4.78 is 0. The minimum absolute atomic E-state index is 0.278. The lowest BCUT2D eigenvalue weighted by atomic mass is 10.3. The minimum atomic E-state index is 0.278. The van der Waals surface area contributed by atoms with Gasteiger partial charge in [-0.25, -0.2) is 0 Å². The molecule has 0 aliphatic carbocycles. The highest BCUT2D eigenvalue weighted by Gasteiger charge is 2.17. The Morgan fingerprint density at radius 3 is 2.38 bits per heavy atom. The summed E-state index contributed by atoms with van der Waals surface area (Å²) in [5, 5.41) is 0. The van der Waals surface area contributed by atoms with Gasteiger partial charge in [0.2, 0.25) is 5.91 Å². The Hall–Kier alpha value is -0.990. The monoisotopic (exact) mass is 182 g/mol. The lowest BCUT2D eigenvalue weighted by Gasteiger charge is -2.33. The third-order valence-corrected chi connectivity index (χ3v) is 2.33. The number of carbonyl (C=O) groups excluding carboxylic acids is 1. The van der Waals surface area contributed by atoms with Crippen LogP contribution >= 0.6 is 0 Å². The van der Waals surface area contributed by atoms with E-state index < -0.39 is 0 Å². The van der Waals surface area contributed by atoms with Crippen molar-refractivity contribution in [1.82, 2.24) is 9.80 Å². The standard InChI is InChI=1S/C10H18N2O/c1-3-5-11-6-8-12(9-7-11)10(13)4-2/h3,5H,4,6-9H2,1-2H3. The summed E-state index contributed by atoms with van der Waals surface area (Å²) in [5.41, 5.74) is 0. The van der Waals surface area contributed by atoms with Crippen molar-refractivity contribution in [3.8, 4) is 0 Å². The second kappa shape index (κ2) is 4.90. The molecule has 1 amide bonds. The van der Waals surface area contributed by atoms with Crippen LogP contribution in [-0.2, 0) is 4.79 Å². The second-order valence-corrected chi connectivity index (χ2v) is 3.25. The Morgan fingerprint density at radius 1 is 1.31 bits per heavy atom. The SMILES string of the molecule is CC=CN1CCN(C(=O)CC)CC1. The van der Waals surface area contributed by atoms with E-state index in [2.05, 4.69) is 11.1 Å². The zero-order valence-electron chi connectivity index (χ0n) is 8.49. The van der Waals surface area contributed by atoms with E-state index in [1.54, 1.807) is 0 Å². The highest BCUT2D eigenvalue weighted by Crippen LogP contribution is 2.03. The van der Waals surface area contributed by atoms with Crippen molar-refractivity contribution in [1.29, 1.82) is 0 Å². The van der Waals surface area contributed by atoms with Gasteiger partial charge in [0.25, 0.3) is 0 Å². The van der Waals surface area contributed by atoms with Gasteiger partial charge in [-0.05, 0) is 13.1 Å². The molecule has 1 saturated heterocycles. The van der Waals surface area contributed by atoms with Gasteiger partial charge >= 0.3 is 0 Å². The van der Waals surface area contributed by atoms with Crippen molar-refractivity contribution < 1.29 is 4.79 Å². The lowest BCUT2D eigenvalue weighted by Crippen LogP contribution is -2.46. The predicted octanol–water partition coefficient (Wildman–Crippen LogP) is 1.07.